The van der Waals surface area contributed by atoms with Crippen LogP contribution in [0.1, 0.15) is 367 Å². The normalized spacial score (nSPS) is 12.6. The summed E-state index contributed by atoms with van der Waals surface area (Å²) in [6, 6.07) is 0. The van der Waals surface area contributed by atoms with Gasteiger partial charge in [-0.25, -0.2) is 0 Å². The maximum absolute atomic E-state index is 13.0. The fourth-order valence-corrected chi connectivity index (χ4v) is 10.5. The molecule has 0 amide bonds. The second-order valence-corrected chi connectivity index (χ2v) is 24.1. The van der Waals surface area contributed by atoms with Crippen LogP contribution in [0, 0.1) is 0 Å². The third-order valence-electron chi connectivity index (χ3n) is 15.9. The summed E-state index contributed by atoms with van der Waals surface area (Å²) in [5, 5.41) is 0. The van der Waals surface area contributed by atoms with Gasteiger partial charge in [-0.05, 0) is 116 Å². The van der Waals surface area contributed by atoms with Gasteiger partial charge in [-0.15, -0.1) is 0 Å². The first-order chi connectivity index (χ1) is 41.0. The number of unbranched alkanes of at least 4 members (excludes halogenated alkanes) is 41. The predicted molar refractivity (Wildman–Crippen MR) is 362 cm³/mol. The van der Waals surface area contributed by atoms with E-state index in [0.29, 0.717) is 19.3 Å². The highest BCUT2D eigenvalue weighted by Crippen LogP contribution is 2.17. The SMILES string of the molecule is CC/C=C\C/C=C\C/C=C\C/C=C\CCCCCCCCCCC(=O)OC(COC(=O)CCCCCCCCCCC/C=C\CCCCCCCCCC)COC(=O)CCCCCCCCCCCCC/C=C\C/C=C\CCCCCCC. The molecular formula is C77H136O6. The van der Waals surface area contributed by atoms with E-state index in [1.165, 1.54) is 231 Å². The fourth-order valence-electron chi connectivity index (χ4n) is 10.5. The third-order valence-corrected chi connectivity index (χ3v) is 15.9. The molecule has 0 N–H and O–H groups in total. The minimum Gasteiger partial charge on any atom is -0.462 e. The molecule has 0 heterocycles. The molecule has 83 heavy (non-hydrogen) atoms. The summed E-state index contributed by atoms with van der Waals surface area (Å²) in [6.45, 7) is 6.56. The highest BCUT2D eigenvalue weighted by Gasteiger charge is 2.19. The molecule has 0 fully saturated rings. The van der Waals surface area contributed by atoms with Gasteiger partial charge in [-0.3, -0.25) is 14.4 Å². The van der Waals surface area contributed by atoms with Crippen molar-refractivity contribution in [2.75, 3.05) is 13.2 Å². The van der Waals surface area contributed by atoms with Crippen LogP contribution in [0.2, 0.25) is 0 Å². The summed E-state index contributed by atoms with van der Waals surface area (Å²) in [5.41, 5.74) is 0. The van der Waals surface area contributed by atoms with Gasteiger partial charge in [0.05, 0.1) is 0 Å². The van der Waals surface area contributed by atoms with Gasteiger partial charge in [0.1, 0.15) is 13.2 Å². The first-order valence-corrected chi connectivity index (χ1v) is 36.1. The van der Waals surface area contributed by atoms with Crippen molar-refractivity contribution in [3.8, 4) is 0 Å². The smallest absolute Gasteiger partial charge is 0.306 e. The Morgan fingerprint density at radius 2 is 0.470 bits per heavy atom. The number of allylic oxidation sites excluding steroid dienone is 14. The number of carbonyl (C=O) groups is 3. The van der Waals surface area contributed by atoms with E-state index in [1.807, 2.05) is 0 Å². The fraction of sp³-hybridized carbons (Fsp3) is 0.779. The highest BCUT2D eigenvalue weighted by atomic mass is 16.6. The lowest BCUT2D eigenvalue weighted by Crippen LogP contribution is -2.30. The summed E-state index contributed by atoms with van der Waals surface area (Å²) in [6.07, 6.45) is 94.6. The van der Waals surface area contributed by atoms with Crippen LogP contribution in [-0.2, 0) is 28.6 Å². The number of esters is 3. The quantitative estimate of drug-likeness (QED) is 0.0261. The van der Waals surface area contributed by atoms with Crippen molar-refractivity contribution in [2.24, 2.45) is 0 Å². The van der Waals surface area contributed by atoms with Crippen LogP contribution in [0.25, 0.3) is 0 Å². The zero-order valence-electron chi connectivity index (χ0n) is 55.2. The topological polar surface area (TPSA) is 78.9 Å². The first-order valence-electron chi connectivity index (χ1n) is 36.1. The van der Waals surface area contributed by atoms with E-state index in [1.54, 1.807) is 0 Å². The Morgan fingerprint density at radius 3 is 0.747 bits per heavy atom. The number of hydrogen-bond acceptors (Lipinski definition) is 6. The Bertz CT molecular complexity index is 1570. The summed E-state index contributed by atoms with van der Waals surface area (Å²) < 4.78 is 17.0. The molecule has 0 aromatic rings. The van der Waals surface area contributed by atoms with Crippen LogP contribution in [0.5, 0.6) is 0 Å². The summed E-state index contributed by atoms with van der Waals surface area (Å²) >= 11 is 0. The molecule has 1 unspecified atom stereocenters. The Labute approximate surface area is 515 Å². The van der Waals surface area contributed by atoms with Crippen molar-refractivity contribution < 1.29 is 28.6 Å². The molecule has 0 aliphatic heterocycles. The molecule has 0 aromatic heterocycles. The molecule has 0 rings (SSSR count). The van der Waals surface area contributed by atoms with Crippen molar-refractivity contribution >= 4 is 17.9 Å². The van der Waals surface area contributed by atoms with Gasteiger partial charge in [0, 0.05) is 19.3 Å². The zero-order chi connectivity index (χ0) is 59.9. The van der Waals surface area contributed by atoms with E-state index in [4.69, 9.17) is 14.2 Å². The third kappa shape index (κ3) is 69.3. The maximum Gasteiger partial charge on any atom is 0.306 e. The van der Waals surface area contributed by atoms with Crippen LogP contribution < -0.4 is 0 Å². The van der Waals surface area contributed by atoms with E-state index in [0.717, 1.165) is 96.3 Å². The lowest BCUT2D eigenvalue weighted by molar-refractivity contribution is -0.167. The van der Waals surface area contributed by atoms with Crippen molar-refractivity contribution in [1.82, 2.24) is 0 Å². The molecule has 0 aliphatic rings. The summed E-state index contributed by atoms with van der Waals surface area (Å²) in [7, 11) is 0. The number of carbonyl (C=O) groups excluding carboxylic acids is 3. The minimum atomic E-state index is -0.785. The van der Waals surface area contributed by atoms with E-state index in [9.17, 15) is 14.4 Å². The van der Waals surface area contributed by atoms with Crippen LogP contribution >= 0.6 is 0 Å². The van der Waals surface area contributed by atoms with Crippen LogP contribution in [0.15, 0.2) is 85.1 Å². The average molecular weight is 1160 g/mol. The molecule has 0 aromatic carbocycles. The summed E-state index contributed by atoms with van der Waals surface area (Å²) in [5.74, 6) is -0.871. The zero-order valence-corrected chi connectivity index (χ0v) is 55.2. The largest absolute Gasteiger partial charge is 0.462 e. The van der Waals surface area contributed by atoms with Crippen LogP contribution in [0.3, 0.4) is 0 Å². The van der Waals surface area contributed by atoms with Gasteiger partial charge in [0.25, 0.3) is 0 Å². The van der Waals surface area contributed by atoms with Crippen LogP contribution in [0.4, 0.5) is 0 Å². The molecule has 0 radical (unpaired) electrons. The Hall–Kier alpha value is -3.41. The molecule has 6 heteroatoms. The van der Waals surface area contributed by atoms with Gasteiger partial charge in [-0.2, -0.15) is 0 Å². The number of ether oxygens (including phenoxy) is 3. The Balaban J connectivity index is 4.38. The van der Waals surface area contributed by atoms with E-state index in [-0.39, 0.29) is 31.1 Å². The highest BCUT2D eigenvalue weighted by molar-refractivity contribution is 5.71. The van der Waals surface area contributed by atoms with Gasteiger partial charge in [-0.1, -0.05) is 318 Å². The Kier molecular flexibility index (Phi) is 68.2. The van der Waals surface area contributed by atoms with Crippen molar-refractivity contribution in [3.05, 3.63) is 85.1 Å². The molecule has 0 bridgehead atoms. The second kappa shape index (κ2) is 71.1. The average Bonchev–Trinajstić information content (AvgIpc) is 3.49. The lowest BCUT2D eigenvalue weighted by atomic mass is 10.0. The molecule has 0 saturated carbocycles. The number of hydrogen-bond donors (Lipinski definition) is 0. The second-order valence-electron chi connectivity index (χ2n) is 24.1. The molecular weight excluding hydrogens is 1020 g/mol. The van der Waals surface area contributed by atoms with Gasteiger partial charge in [0.15, 0.2) is 6.10 Å². The summed E-state index contributed by atoms with van der Waals surface area (Å²) in [4.78, 5) is 38.5. The molecule has 6 nitrogen and oxygen atoms in total. The Morgan fingerprint density at radius 1 is 0.253 bits per heavy atom. The number of rotatable bonds is 66. The lowest BCUT2D eigenvalue weighted by Gasteiger charge is -2.18. The van der Waals surface area contributed by atoms with Gasteiger partial charge < -0.3 is 14.2 Å². The molecule has 0 spiro atoms. The molecule has 0 aliphatic carbocycles. The van der Waals surface area contributed by atoms with E-state index < -0.39 is 6.10 Å². The van der Waals surface area contributed by atoms with Gasteiger partial charge in [0.2, 0.25) is 0 Å². The van der Waals surface area contributed by atoms with Crippen molar-refractivity contribution in [2.45, 2.75) is 374 Å². The minimum absolute atomic E-state index is 0.0794. The molecule has 1 atom stereocenters. The monoisotopic (exact) mass is 1160 g/mol. The van der Waals surface area contributed by atoms with E-state index >= 15 is 0 Å². The standard InChI is InChI=1S/C77H136O6/c1-4-7-10-13-16-19-22-25-28-31-34-37-38-41-43-46-49-52-55-58-61-64-67-70-76(79)82-73-74(83-77(80)71-68-65-62-59-56-53-50-47-44-40-36-33-30-27-24-21-18-15-12-9-6-3)72-81-75(78)69-66-63-60-57-54-51-48-45-42-39-35-32-29-26-23-20-17-14-11-8-5-2/h9,12,18,21-22,25,27,30-32,34-36,40,74H,4-8,10-11,13-17,19-20,23-24,26,28-29,33,37-39,41-73H2,1-3H3/b12-9-,21-18-,25-22-,30-27-,34-31-,35-32-,40-36-. The first kappa shape index (κ1) is 79.6. The maximum atomic E-state index is 13.0. The van der Waals surface area contributed by atoms with Crippen LogP contribution in [-0.4, -0.2) is 37.2 Å². The predicted octanol–water partition coefficient (Wildman–Crippen LogP) is 25.0. The van der Waals surface area contributed by atoms with E-state index in [2.05, 4.69) is 106 Å². The molecule has 0 saturated heterocycles. The molecule has 480 valence electrons. The van der Waals surface area contributed by atoms with Crippen molar-refractivity contribution in [3.63, 3.8) is 0 Å². The van der Waals surface area contributed by atoms with Gasteiger partial charge >= 0.3 is 17.9 Å². The van der Waals surface area contributed by atoms with Crippen molar-refractivity contribution in [1.29, 1.82) is 0 Å².